The Balaban J connectivity index is 1.74. The van der Waals surface area contributed by atoms with E-state index < -0.39 is 7.75 Å². The third-order valence-corrected chi connectivity index (χ3v) is 5.97. The number of benzene rings is 1. The monoisotopic (exact) mass is 396 g/mol. The third kappa shape index (κ3) is 4.45. The molecule has 0 spiro atoms. The van der Waals surface area contributed by atoms with Gasteiger partial charge < -0.3 is 4.74 Å². The normalized spacial score (nSPS) is 25.0. The van der Waals surface area contributed by atoms with E-state index in [9.17, 15) is 4.57 Å². The molecule has 2 atom stereocenters. The molecule has 140 valence electrons. The minimum absolute atomic E-state index is 0.303. The second-order valence-electron chi connectivity index (χ2n) is 6.84. The lowest BCUT2D eigenvalue weighted by molar-refractivity contribution is -0.0302. The van der Waals surface area contributed by atoms with Crippen LogP contribution in [0.25, 0.3) is 0 Å². The Hall–Kier alpha value is -1.43. The molecule has 2 aromatic rings. The minimum Gasteiger partial charge on any atom is -0.497 e. The van der Waals surface area contributed by atoms with Crippen LogP contribution in [0.5, 0.6) is 5.75 Å². The molecule has 0 radical (unpaired) electrons. The van der Waals surface area contributed by atoms with Gasteiger partial charge in [0.25, 0.3) is 0 Å². The van der Waals surface area contributed by atoms with Crippen molar-refractivity contribution in [1.29, 1.82) is 0 Å². The Labute approximate surface area is 158 Å². The van der Waals surface area contributed by atoms with E-state index in [1.54, 1.807) is 19.4 Å². The molecule has 0 aliphatic carbocycles. The number of halogens is 1. The van der Waals surface area contributed by atoms with Gasteiger partial charge in [-0.3, -0.25) is 9.05 Å². The van der Waals surface area contributed by atoms with Crippen LogP contribution in [0.2, 0.25) is 5.15 Å². The summed E-state index contributed by atoms with van der Waals surface area (Å²) in [5.74, 6) is 0.759. The fourth-order valence-corrected chi connectivity index (χ4v) is 4.61. The van der Waals surface area contributed by atoms with E-state index in [0.717, 1.165) is 16.9 Å². The van der Waals surface area contributed by atoms with Gasteiger partial charge in [-0.05, 0) is 29.3 Å². The Bertz CT molecular complexity index is 796. The van der Waals surface area contributed by atoms with Crippen LogP contribution in [0.1, 0.15) is 31.1 Å². The summed E-state index contributed by atoms with van der Waals surface area (Å²) in [7, 11) is -1.83. The van der Waals surface area contributed by atoms with Crippen molar-refractivity contribution < 1.29 is 18.3 Å². The number of methoxy groups -OCH3 is 1. The van der Waals surface area contributed by atoms with E-state index in [1.807, 2.05) is 44.2 Å². The molecule has 0 bridgehead atoms. The summed E-state index contributed by atoms with van der Waals surface area (Å²) in [5, 5.41) is 3.31. The molecule has 0 amide bonds. The van der Waals surface area contributed by atoms with Crippen LogP contribution in [0.15, 0.2) is 42.6 Å². The highest BCUT2D eigenvalue weighted by atomic mass is 35.5. The molecule has 2 heterocycles. The second kappa shape index (κ2) is 7.67. The Morgan fingerprint density at radius 1 is 1.31 bits per heavy atom. The third-order valence-electron chi connectivity index (χ3n) is 4.24. The van der Waals surface area contributed by atoms with Gasteiger partial charge in [0.2, 0.25) is 0 Å². The molecule has 2 unspecified atom stereocenters. The van der Waals surface area contributed by atoms with E-state index in [1.165, 1.54) is 0 Å². The highest BCUT2D eigenvalue weighted by Crippen LogP contribution is 2.58. The summed E-state index contributed by atoms with van der Waals surface area (Å²) in [6.45, 7) is 4.66. The summed E-state index contributed by atoms with van der Waals surface area (Å²) in [5.41, 5.74) is 1.43. The van der Waals surface area contributed by atoms with Crippen molar-refractivity contribution in [1.82, 2.24) is 10.1 Å². The quantitative estimate of drug-likeness (QED) is 0.580. The lowest BCUT2D eigenvalue weighted by Gasteiger charge is -2.41. The van der Waals surface area contributed by atoms with Gasteiger partial charge >= 0.3 is 7.75 Å². The smallest absolute Gasteiger partial charge is 0.406 e. The van der Waals surface area contributed by atoms with E-state index in [2.05, 4.69) is 10.1 Å². The second-order valence-corrected chi connectivity index (χ2v) is 9.01. The van der Waals surface area contributed by atoms with Crippen molar-refractivity contribution in [2.24, 2.45) is 5.41 Å². The summed E-state index contributed by atoms with van der Waals surface area (Å²) in [6.07, 6.45) is 1.25. The first-order valence-corrected chi connectivity index (χ1v) is 10.2. The van der Waals surface area contributed by atoms with Gasteiger partial charge in [-0.25, -0.2) is 14.6 Å². The predicted octanol–water partition coefficient (Wildman–Crippen LogP) is 4.76. The molecule has 8 heteroatoms. The summed E-state index contributed by atoms with van der Waals surface area (Å²) >= 11 is 5.78. The van der Waals surface area contributed by atoms with Crippen molar-refractivity contribution in [3.05, 3.63) is 58.9 Å². The van der Waals surface area contributed by atoms with Crippen molar-refractivity contribution >= 4 is 19.3 Å². The Morgan fingerprint density at radius 2 is 2.04 bits per heavy atom. The van der Waals surface area contributed by atoms with Crippen LogP contribution >= 0.6 is 19.3 Å². The van der Waals surface area contributed by atoms with E-state index in [0.29, 0.717) is 18.3 Å². The molecule has 1 aliphatic rings. The van der Waals surface area contributed by atoms with Gasteiger partial charge in [-0.1, -0.05) is 43.6 Å². The Kier molecular flexibility index (Phi) is 5.70. The van der Waals surface area contributed by atoms with E-state index in [4.69, 9.17) is 25.4 Å². The maximum absolute atomic E-state index is 13.0. The topological polar surface area (TPSA) is 69.7 Å². The number of pyridine rings is 1. The number of rotatable bonds is 5. The van der Waals surface area contributed by atoms with E-state index in [-0.39, 0.29) is 11.5 Å². The maximum Gasteiger partial charge on any atom is 0.406 e. The highest BCUT2D eigenvalue weighted by molar-refractivity contribution is 7.51. The molecule has 26 heavy (non-hydrogen) atoms. The van der Waals surface area contributed by atoms with Gasteiger partial charge in [0.1, 0.15) is 17.0 Å². The summed E-state index contributed by atoms with van der Waals surface area (Å²) in [6, 6.07) is 11.1. The van der Waals surface area contributed by atoms with Crippen LogP contribution in [0, 0.1) is 5.41 Å². The van der Waals surface area contributed by atoms with Gasteiger partial charge in [0, 0.05) is 18.2 Å². The number of nitrogens with one attached hydrogen (secondary N) is 1. The zero-order chi connectivity index (χ0) is 18.8. The van der Waals surface area contributed by atoms with Gasteiger partial charge in [-0.15, -0.1) is 0 Å². The standard InChI is InChI=1S/C18H22ClN2O4P/c1-18(2)12-24-26(22,21-11-13-4-9-16(19)20-10-13)25-17(18)14-5-7-15(23-3)8-6-14/h4-10,17H,11-12H2,1-3H3,(H,21,22). The van der Waals surface area contributed by atoms with Crippen molar-refractivity contribution in [2.45, 2.75) is 26.5 Å². The molecule has 1 aromatic carbocycles. The first-order chi connectivity index (χ1) is 12.3. The lowest BCUT2D eigenvalue weighted by Crippen LogP contribution is -2.36. The van der Waals surface area contributed by atoms with Crippen LogP contribution in [0.4, 0.5) is 0 Å². The molecule has 0 saturated carbocycles. The van der Waals surface area contributed by atoms with Gasteiger partial charge in [-0.2, -0.15) is 0 Å². The lowest BCUT2D eigenvalue weighted by atomic mass is 9.83. The molecule has 1 aliphatic heterocycles. The van der Waals surface area contributed by atoms with Crippen molar-refractivity contribution in [3.63, 3.8) is 0 Å². The van der Waals surface area contributed by atoms with Crippen LogP contribution in [0.3, 0.4) is 0 Å². The van der Waals surface area contributed by atoms with Crippen LogP contribution in [-0.2, 0) is 20.2 Å². The predicted molar refractivity (Wildman–Crippen MR) is 100 cm³/mol. The Morgan fingerprint density at radius 3 is 2.65 bits per heavy atom. The molecule has 6 nitrogen and oxygen atoms in total. The number of aromatic nitrogens is 1. The van der Waals surface area contributed by atoms with Crippen molar-refractivity contribution in [2.75, 3.05) is 13.7 Å². The molecule has 1 N–H and O–H groups in total. The summed E-state index contributed by atoms with van der Waals surface area (Å²) < 4.78 is 29.7. The van der Waals surface area contributed by atoms with Crippen LogP contribution < -0.4 is 9.82 Å². The van der Waals surface area contributed by atoms with E-state index >= 15 is 0 Å². The number of hydrogen-bond donors (Lipinski definition) is 1. The molecule has 1 saturated heterocycles. The average Bonchev–Trinajstić information content (AvgIpc) is 2.64. The highest BCUT2D eigenvalue weighted by Gasteiger charge is 2.45. The number of hydrogen-bond acceptors (Lipinski definition) is 5. The van der Waals surface area contributed by atoms with Crippen LogP contribution in [-0.4, -0.2) is 18.7 Å². The molecule has 1 fully saturated rings. The number of nitrogens with zero attached hydrogens (tertiary/aromatic N) is 1. The largest absolute Gasteiger partial charge is 0.497 e. The zero-order valence-electron chi connectivity index (χ0n) is 14.9. The maximum atomic E-state index is 13.0. The minimum atomic E-state index is -3.45. The molecule has 3 rings (SSSR count). The average molecular weight is 397 g/mol. The van der Waals surface area contributed by atoms with Crippen molar-refractivity contribution in [3.8, 4) is 5.75 Å². The van der Waals surface area contributed by atoms with Gasteiger partial charge in [0.15, 0.2) is 0 Å². The zero-order valence-corrected chi connectivity index (χ0v) is 16.6. The fourth-order valence-electron chi connectivity index (χ4n) is 2.71. The molecular formula is C18H22ClN2O4P. The summed E-state index contributed by atoms with van der Waals surface area (Å²) in [4.78, 5) is 4.01. The first-order valence-electron chi connectivity index (χ1n) is 8.24. The van der Waals surface area contributed by atoms with Gasteiger partial charge in [0.05, 0.1) is 13.7 Å². The molecular weight excluding hydrogens is 375 g/mol. The SMILES string of the molecule is COc1ccc(C2OP(=O)(NCc3ccc(Cl)nc3)OCC2(C)C)cc1. The number of ether oxygens (including phenoxy) is 1. The molecule has 1 aromatic heterocycles. The first kappa shape index (κ1) is 19.3. The fraction of sp³-hybridized carbons (Fsp3) is 0.389.